The molecule has 0 fully saturated rings. The average Bonchev–Trinajstić information content (AvgIpc) is 2.27. The maximum atomic E-state index is 8.88. The summed E-state index contributed by atoms with van der Waals surface area (Å²) < 4.78 is 0. The fraction of sp³-hybridized carbons (Fsp3) is 0.333. The maximum Gasteiger partial charge on any atom is 0.0618 e. The van der Waals surface area contributed by atoms with Crippen LogP contribution in [0.4, 0.5) is 0 Å². The van der Waals surface area contributed by atoms with E-state index in [0.717, 1.165) is 22.6 Å². The number of rotatable bonds is 4. The topological polar surface area (TPSA) is 46.2 Å². The summed E-state index contributed by atoms with van der Waals surface area (Å²) in [6.45, 7) is 2.03. The summed E-state index contributed by atoms with van der Waals surface area (Å²) in [5, 5.41) is 9.60. The van der Waals surface area contributed by atoms with Gasteiger partial charge >= 0.3 is 0 Å². The quantitative estimate of drug-likeness (QED) is 0.827. The Bertz CT molecular complexity index is 332. The molecule has 0 aliphatic rings. The van der Waals surface area contributed by atoms with Crippen LogP contribution in [0, 0.1) is 0 Å². The van der Waals surface area contributed by atoms with Crippen LogP contribution in [-0.4, -0.2) is 17.8 Å². The first-order valence-corrected chi connectivity index (χ1v) is 5.38. The zero-order chi connectivity index (χ0) is 11.3. The standard InChI is InChI=1S/C12H16ClNO/c1-2-9(7-12(14)8-15)10-3-5-11(13)6-4-10/h3-7,12,15H,2,8,14H2,1H3. The van der Waals surface area contributed by atoms with E-state index in [4.69, 9.17) is 22.4 Å². The molecule has 3 N–H and O–H groups in total. The third kappa shape index (κ3) is 3.67. The SMILES string of the molecule is CCC(=CC(N)CO)c1ccc(Cl)cc1. The van der Waals surface area contributed by atoms with E-state index in [1.807, 2.05) is 30.3 Å². The molecule has 0 aliphatic carbocycles. The van der Waals surface area contributed by atoms with E-state index < -0.39 is 0 Å². The van der Waals surface area contributed by atoms with E-state index >= 15 is 0 Å². The van der Waals surface area contributed by atoms with Gasteiger partial charge in [-0.15, -0.1) is 0 Å². The minimum Gasteiger partial charge on any atom is -0.394 e. The second kappa shape index (κ2) is 5.91. The highest BCUT2D eigenvalue weighted by Crippen LogP contribution is 2.20. The Labute approximate surface area is 95.4 Å². The summed E-state index contributed by atoms with van der Waals surface area (Å²) in [6, 6.07) is 7.33. The molecule has 0 aromatic heterocycles. The fourth-order valence-corrected chi connectivity index (χ4v) is 1.52. The van der Waals surface area contributed by atoms with Gasteiger partial charge in [0.1, 0.15) is 0 Å². The summed E-state index contributed by atoms with van der Waals surface area (Å²) in [7, 11) is 0. The van der Waals surface area contributed by atoms with Gasteiger partial charge in [-0.25, -0.2) is 0 Å². The molecule has 0 amide bonds. The van der Waals surface area contributed by atoms with Crippen molar-refractivity contribution in [3.63, 3.8) is 0 Å². The van der Waals surface area contributed by atoms with Crippen LogP contribution in [0.1, 0.15) is 18.9 Å². The molecular formula is C12H16ClNO. The molecule has 1 aromatic rings. The summed E-state index contributed by atoms with van der Waals surface area (Å²) in [4.78, 5) is 0. The van der Waals surface area contributed by atoms with Gasteiger partial charge in [0.2, 0.25) is 0 Å². The molecule has 0 saturated heterocycles. The Morgan fingerprint density at radius 1 is 1.47 bits per heavy atom. The predicted molar refractivity (Wildman–Crippen MR) is 64.8 cm³/mol. The molecule has 0 heterocycles. The third-order valence-corrected chi connectivity index (χ3v) is 2.47. The molecule has 0 radical (unpaired) electrons. The third-order valence-electron chi connectivity index (χ3n) is 2.22. The maximum absolute atomic E-state index is 8.88. The zero-order valence-electron chi connectivity index (χ0n) is 8.78. The van der Waals surface area contributed by atoms with Gasteiger partial charge in [-0.05, 0) is 29.7 Å². The Hall–Kier alpha value is -0.830. The normalized spacial score (nSPS) is 14.0. The summed E-state index contributed by atoms with van der Waals surface area (Å²) in [6.07, 6.45) is 2.78. The molecule has 3 heteroatoms. The number of nitrogens with two attached hydrogens (primary N) is 1. The monoisotopic (exact) mass is 225 g/mol. The van der Waals surface area contributed by atoms with Gasteiger partial charge in [-0.2, -0.15) is 0 Å². The van der Waals surface area contributed by atoms with Gasteiger partial charge < -0.3 is 10.8 Å². The summed E-state index contributed by atoms with van der Waals surface area (Å²) in [5.41, 5.74) is 7.90. The van der Waals surface area contributed by atoms with Crippen LogP contribution in [0.2, 0.25) is 5.02 Å². The molecule has 0 aliphatic heterocycles. The van der Waals surface area contributed by atoms with Crippen molar-refractivity contribution in [2.24, 2.45) is 5.73 Å². The second-order valence-corrected chi connectivity index (χ2v) is 3.84. The molecule has 0 bridgehead atoms. The molecule has 15 heavy (non-hydrogen) atoms. The molecule has 0 spiro atoms. The van der Waals surface area contributed by atoms with E-state index in [-0.39, 0.29) is 12.6 Å². The Morgan fingerprint density at radius 2 is 2.07 bits per heavy atom. The number of aliphatic hydroxyl groups excluding tert-OH is 1. The van der Waals surface area contributed by atoms with Crippen LogP contribution in [0.3, 0.4) is 0 Å². The Balaban J connectivity index is 2.92. The minimum absolute atomic E-state index is 0.0307. The summed E-state index contributed by atoms with van der Waals surface area (Å²) in [5.74, 6) is 0. The van der Waals surface area contributed by atoms with Gasteiger partial charge in [0.15, 0.2) is 0 Å². The number of hydrogen-bond acceptors (Lipinski definition) is 2. The van der Waals surface area contributed by atoms with E-state index in [9.17, 15) is 0 Å². The highest BCUT2D eigenvalue weighted by Gasteiger charge is 2.02. The number of benzene rings is 1. The van der Waals surface area contributed by atoms with E-state index in [2.05, 4.69) is 6.92 Å². The number of hydrogen-bond donors (Lipinski definition) is 2. The van der Waals surface area contributed by atoms with Gasteiger partial charge in [-0.3, -0.25) is 0 Å². The van der Waals surface area contributed by atoms with Crippen LogP contribution >= 0.6 is 11.6 Å². The molecule has 2 nitrogen and oxygen atoms in total. The first-order valence-electron chi connectivity index (χ1n) is 5.00. The largest absolute Gasteiger partial charge is 0.394 e. The number of allylic oxidation sites excluding steroid dienone is 1. The first kappa shape index (κ1) is 12.2. The number of halogens is 1. The van der Waals surface area contributed by atoms with Crippen molar-refractivity contribution in [1.29, 1.82) is 0 Å². The van der Waals surface area contributed by atoms with Gasteiger partial charge in [0.05, 0.1) is 6.61 Å². The zero-order valence-corrected chi connectivity index (χ0v) is 9.54. The van der Waals surface area contributed by atoms with Crippen molar-refractivity contribution in [2.45, 2.75) is 19.4 Å². The lowest BCUT2D eigenvalue weighted by molar-refractivity contribution is 0.284. The molecular weight excluding hydrogens is 210 g/mol. The van der Waals surface area contributed by atoms with E-state index in [1.165, 1.54) is 0 Å². The van der Waals surface area contributed by atoms with Crippen LogP contribution in [-0.2, 0) is 0 Å². The van der Waals surface area contributed by atoms with Crippen molar-refractivity contribution in [3.8, 4) is 0 Å². The molecule has 1 rings (SSSR count). The molecule has 0 saturated carbocycles. The van der Waals surface area contributed by atoms with Crippen molar-refractivity contribution in [3.05, 3.63) is 40.9 Å². The van der Waals surface area contributed by atoms with Crippen LogP contribution < -0.4 is 5.73 Å². The molecule has 1 aromatic carbocycles. The Kier molecular flexibility index (Phi) is 4.82. The fourth-order valence-electron chi connectivity index (χ4n) is 1.39. The first-order chi connectivity index (χ1) is 7.17. The lowest BCUT2D eigenvalue weighted by atomic mass is 10.0. The molecule has 1 unspecified atom stereocenters. The van der Waals surface area contributed by atoms with Crippen molar-refractivity contribution in [1.82, 2.24) is 0 Å². The van der Waals surface area contributed by atoms with Crippen molar-refractivity contribution in [2.75, 3.05) is 6.61 Å². The smallest absolute Gasteiger partial charge is 0.0618 e. The predicted octanol–water partition coefficient (Wildman–Crippen LogP) is 2.45. The second-order valence-electron chi connectivity index (χ2n) is 3.40. The average molecular weight is 226 g/mol. The van der Waals surface area contributed by atoms with Crippen molar-refractivity contribution >= 4 is 17.2 Å². The number of aliphatic hydroxyl groups is 1. The minimum atomic E-state index is -0.296. The highest BCUT2D eigenvalue weighted by molar-refractivity contribution is 6.30. The highest BCUT2D eigenvalue weighted by atomic mass is 35.5. The molecule has 82 valence electrons. The van der Waals surface area contributed by atoms with E-state index in [0.29, 0.717) is 0 Å². The van der Waals surface area contributed by atoms with E-state index in [1.54, 1.807) is 0 Å². The van der Waals surface area contributed by atoms with Gasteiger partial charge in [0, 0.05) is 11.1 Å². The van der Waals surface area contributed by atoms with Gasteiger partial charge in [0.25, 0.3) is 0 Å². The van der Waals surface area contributed by atoms with Gasteiger partial charge in [-0.1, -0.05) is 36.7 Å². The van der Waals surface area contributed by atoms with Crippen LogP contribution in [0.25, 0.3) is 5.57 Å². The van der Waals surface area contributed by atoms with Crippen LogP contribution in [0.15, 0.2) is 30.3 Å². The van der Waals surface area contributed by atoms with Crippen molar-refractivity contribution < 1.29 is 5.11 Å². The molecule has 1 atom stereocenters. The summed E-state index contributed by atoms with van der Waals surface area (Å²) >= 11 is 5.81. The van der Waals surface area contributed by atoms with Crippen LogP contribution in [0.5, 0.6) is 0 Å². The Morgan fingerprint density at radius 3 is 2.53 bits per heavy atom. The lowest BCUT2D eigenvalue weighted by Gasteiger charge is -2.08. The lowest BCUT2D eigenvalue weighted by Crippen LogP contribution is -2.21.